The summed E-state index contributed by atoms with van der Waals surface area (Å²) in [5.74, 6) is -0.188. The predicted molar refractivity (Wildman–Crippen MR) is 52.6 cm³/mol. The summed E-state index contributed by atoms with van der Waals surface area (Å²) < 4.78 is 23.4. The van der Waals surface area contributed by atoms with Crippen molar-refractivity contribution in [3.63, 3.8) is 0 Å². The maximum absolute atomic E-state index is 13.5. The zero-order valence-corrected chi connectivity index (χ0v) is 8.76. The topological polar surface area (TPSA) is 18.5 Å². The standard InChI is InChI=1S/C11H15FO2/c1-8-4-9(6-13-2)5-10(7-14-3)11(8)12/h4-5H,6-7H2,1-3H3. The van der Waals surface area contributed by atoms with E-state index in [1.165, 1.54) is 0 Å². The molecule has 0 aliphatic carbocycles. The molecule has 0 fully saturated rings. The number of ether oxygens (including phenoxy) is 2. The molecular weight excluding hydrogens is 183 g/mol. The predicted octanol–water partition coefficient (Wildman–Crippen LogP) is 2.43. The van der Waals surface area contributed by atoms with Gasteiger partial charge in [-0.2, -0.15) is 0 Å². The molecule has 14 heavy (non-hydrogen) atoms. The van der Waals surface area contributed by atoms with Crippen LogP contribution in [-0.4, -0.2) is 14.2 Å². The van der Waals surface area contributed by atoms with Gasteiger partial charge >= 0.3 is 0 Å². The summed E-state index contributed by atoms with van der Waals surface area (Å²) in [6.07, 6.45) is 0. The molecule has 0 aliphatic heterocycles. The van der Waals surface area contributed by atoms with Crippen LogP contribution in [0.1, 0.15) is 16.7 Å². The molecule has 78 valence electrons. The van der Waals surface area contributed by atoms with E-state index in [-0.39, 0.29) is 5.82 Å². The highest BCUT2D eigenvalue weighted by Crippen LogP contribution is 2.16. The molecule has 0 heterocycles. The van der Waals surface area contributed by atoms with E-state index in [2.05, 4.69) is 0 Å². The summed E-state index contributed by atoms with van der Waals surface area (Å²) in [6.45, 7) is 2.54. The van der Waals surface area contributed by atoms with Gasteiger partial charge in [0.1, 0.15) is 5.82 Å². The Morgan fingerprint density at radius 1 is 1.14 bits per heavy atom. The highest BCUT2D eigenvalue weighted by Gasteiger charge is 2.07. The van der Waals surface area contributed by atoms with E-state index in [0.29, 0.717) is 24.3 Å². The fraction of sp³-hybridized carbons (Fsp3) is 0.455. The first kappa shape index (κ1) is 11.1. The first-order chi connectivity index (χ1) is 6.69. The largest absolute Gasteiger partial charge is 0.380 e. The third-order valence-corrected chi connectivity index (χ3v) is 2.00. The van der Waals surface area contributed by atoms with Crippen LogP contribution in [-0.2, 0) is 22.7 Å². The molecule has 0 atom stereocenters. The van der Waals surface area contributed by atoms with Gasteiger partial charge in [0.2, 0.25) is 0 Å². The minimum Gasteiger partial charge on any atom is -0.380 e. The number of halogens is 1. The molecule has 2 nitrogen and oxygen atoms in total. The number of hydrogen-bond donors (Lipinski definition) is 0. The molecule has 0 aromatic heterocycles. The van der Waals surface area contributed by atoms with Crippen molar-refractivity contribution in [1.29, 1.82) is 0 Å². The normalized spacial score (nSPS) is 10.6. The molecule has 0 saturated heterocycles. The van der Waals surface area contributed by atoms with Crippen molar-refractivity contribution in [3.8, 4) is 0 Å². The van der Waals surface area contributed by atoms with Crippen molar-refractivity contribution in [2.75, 3.05) is 14.2 Å². The molecule has 0 N–H and O–H groups in total. The van der Waals surface area contributed by atoms with Gasteiger partial charge in [-0.3, -0.25) is 0 Å². The van der Waals surface area contributed by atoms with Crippen molar-refractivity contribution in [3.05, 3.63) is 34.6 Å². The number of hydrogen-bond acceptors (Lipinski definition) is 2. The molecule has 1 rings (SSSR count). The summed E-state index contributed by atoms with van der Waals surface area (Å²) in [5, 5.41) is 0. The second-order valence-corrected chi connectivity index (χ2v) is 3.25. The van der Waals surface area contributed by atoms with Crippen molar-refractivity contribution in [1.82, 2.24) is 0 Å². The average Bonchev–Trinajstić information content (AvgIpc) is 2.14. The lowest BCUT2D eigenvalue weighted by Crippen LogP contribution is -1.99. The number of rotatable bonds is 4. The van der Waals surface area contributed by atoms with Gasteiger partial charge in [-0.25, -0.2) is 4.39 Å². The van der Waals surface area contributed by atoms with E-state index in [4.69, 9.17) is 9.47 Å². The minimum atomic E-state index is -0.188. The van der Waals surface area contributed by atoms with Crippen LogP contribution in [0.4, 0.5) is 4.39 Å². The van der Waals surface area contributed by atoms with Gasteiger partial charge in [0, 0.05) is 19.8 Å². The maximum Gasteiger partial charge on any atom is 0.131 e. The highest BCUT2D eigenvalue weighted by atomic mass is 19.1. The average molecular weight is 198 g/mol. The second kappa shape index (κ2) is 5.08. The molecule has 1 aromatic rings. The molecule has 3 heteroatoms. The van der Waals surface area contributed by atoms with Gasteiger partial charge in [-0.1, -0.05) is 6.07 Å². The van der Waals surface area contributed by atoms with Crippen molar-refractivity contribution in [2.45, 2.75) is 20.1 Å². The van der Waals surface area contributed by atoms with E-state index in [1.807, 2.05) is 0 Å². The fourth-order valence-electron chi connectivity index (χ4n) is 1.43. The summed E-state index contributed by atoms with van der Waals surface area (Å²) in [4.78, 5) is 0. The molecule has 0 unspecified atom stereocenters. The number of methoxy groups -OCH3 is 2. The Balaban J connectivity index is 3.01. The molecule has 0 amide bonds. The smallest absolute Gasteiger partial charge is 0.131 e. The molecule has 0 aliphatic rings. The summed E-state index contributed by atoms with van der Waals surface area (Å²) in [7, 11) is 3.17. The van der Waals surface area contributed by atoms with Crippen LogP contribution in [0.25, 0.3) is 0 Å². The highest BCUT2D eigenvalue weighted by molar-refractivity contribution is 5.30. The molecular formula is C11H15FO2. The van der Waals surface area contributed by atoms with E-state index in [0.717, 1.165) is 5.56 Å². The van der Waals surface area contributed by atoms with Gasteiger partial charge < -0.3 is 9.47 Å². The Hall–Kier alpha value is -0.930. The Labute approximate surface area is 83.6 Å². The zero-order chi connectivity index (χ0) is 10.6. The number of benzene rings is 1. The minimum absolute atomic E-state index is 0.188. The molecule has 0 bridgehead atoms. The third-order valence-electron chi connectivity index (χ3n) is 2.00. The first-order valence-corrected chi connectivity index (χ1v) is 4.44. The summed E-state index contributed by atoms with van der Waals surface area (Å²) in [6, 6.07) is 3.56. The first-order valence-electron chi connectivity index (χ1n) is 4.44. The summed E-state index contributed by atoms with van der Waals surface area (Å²) >= 11 is 0. The molecule has 0 saturated carbocycles. The SMILES string of the molecule is COCc1cc(C)c(F)c(COC)c1. The fourth-order valence-corrected chi connectivity index (χ4v) is 1.43. The van der Waals surface area contributed by atoms with E-state index < -0.39 is 0 Å². The van der Waals surface area contributed by atoms with Crippen LogP contribution in [0, 0.1) is 12.7 Å². The summed E-state index contributed by atoms with van der Waals surface area (Å²) in [5.41, 5.74) is 2.18. The lowest BCUT2D eigenvalue weighted by atomic mass is 10.1. The lowest BCUT2D eigenvalue weighted by molar-refractivity contribution is 0.177. The monoisotopic (exact) mass is 198 g/mol. The Kier molecular flexibility index (Phi) is 4.04. The van der Waals surface area contributed by atoms with Gasteiger partial charge in [0.05, 0.1) is 13.2 Å². The van der Waals surface area contributed by atoms with Gasteiger partial charge in [0.25, 0.3) is 0 Å². The van der Waals surface area contributed by atoms with Crippen LogP contribution in [0.15, 0.2) is 12.1 Å². The zero-order valence-electron chi connectivity index (χ0n) is 8.76. The van der Waals surface area contributed by atoms with Gasteiger partial charge in [-0.15, -0.1) is 0 Å². The van der Waals surface area contributed by atoms with Crippen LogP contribution >= 0.6 is 0 Å². The maximum atomic E-state index is 13.5. The van der Waals surface area contributed by atoms with Crippen molar-refractivity contribution >= 4 is 0 Å². The Morgan fingerprint density at radius 3 is 2.36 bits per heavy atom. The van der Waals surface area contributed by atoms with Gasteiger partial charge in [0.15, 0.2) is 0 Å². The van der Waals surface area contributed by atoms with E-state index in [9.17, 15) is 4.39 Å². The molecule has 0 radical (unpaired) electrons. The number of aryl methyl sites for hydroxylation is 1. The van der Waals surface area contributed by atoms with Crippen molar-refractivity contribution < 1.29 is 13.9 Å². The Bertz CT molecular complexity index is 310. The Morgan fingerprint density at radius 2 is 1.79 bits per heavy atom. The quantitative estimate of drug-likeness (QED) is 0.739. The van der Waals surface area contributed by atoms with Crippen LogP contribution in [0.2, 0.25) is 0 Å². The van der Waals surface area contributed by atoms with E-state index in [1.54, 1.807) is 33.3 Å². The van der Waals surface area contributed by atoms with Crippen molar-refractivity contribution in [2.24, 2.45) is 0 Å². The van der Waals surface area contributed by atoms with Crippen LogP contribution in [0.3, 0.4) is 0 Å². The van der Waals surface area contributed by atoms with Crippen LogP contribution in [0.5, 0.6) is 0 Å². The van der Waals surface area contributed by atoms with E-state index >= 15 is 0 Å². The lowest BCUT2D eigenvalue weighted by Gasteiger charge is -2.08. The van der Waals surface area contributed by atoms with Crippen LogP contribution < -0.4 is 0 Å². The molecule has 0 spiro atoms. The molecule has 1 aromatic carbocycles. The third kappa shape index (κ3) is 2.53. The second-order valence-electron chi connectivity index (χ2n) is 3.25. The van der Waals surface area contributed by atoms with Gasteiger partial charge in [-0.05, 0) is 24.1 Å².